The van der Waals surface area contributed by atoms with E-state index in [0.717, 1.165) is 24.2 Å². The summed E-state index contributed by atoms with van der Waals surface area (Å²) in [7, 11) is 0. The van der Waals surface area contributed by atoms with Crippen LogP contribution in [0.4, 0.5) is 0 Å². The summed E-state index contributed by atoms with van der Waals surface area (Å²) >= 11 is 0. The highest BCUT2D eigenvalue weighted by atomic mass is 16.2. The zero-order valence-electron chi connectivity index (χ0n) is 15.5. The van der Waals surface area contributed by atoms with Crippen LogP contribution in [0.15, 0.2) is 53.7 Å². The summed E-state index contributed by atoms with van der Waals surface area (Å²) in [6, 6.07) is 11.0. The first-order valence-electron chi connectivity index (χ1n) is 9.53. The lowest BCUT2D eigenvalue weighted by molar-refractivity contribution is 0.0946. The average Bonchev–Trinajstić information content (AvgIpc) is 3.42. The standard InChI is InChI=1S/C20H22N6O2/c27-19-12-17(15-6-4-5-7-15)22-14-25(19)11-10-21-20(28)18-13-23-26(24-18)16-8-2-1-3-9-16/h1-3,8-9,12-15H,4-7,10-11H2,(H,21,28). The van der Waals surface area contributed by atoms with Gasteiger partial charge in [-0.25, -0.2) is 4.98 Å². The number of carbonyl (C=O) groups is 1. The van der Waals surface area contributed by atoms with Gasteiger partial charge in [0.1, 0.15) is 0 Å². The molecule has 1 aliphatic rings. The number of nitrogens with zero attached hydrogens (tertiary/aromatic N) is 5. The van der Waals surface area contributed by atoms with Crippen molar-refractivity contribution in [1.29, 1.82) is 0 Å². The van der Waals surface area contributed by atoms with Crippen LogP contribution in [0.1, 0.15) is 47.8 Å². The van der Waals surface area contributed by atoms with Crippen LogP contribution in [0.5, 0.6) is 0 Å². The lowest BCUT2D eigenvalue weighted by Gasteiger charge is -2.10. The van der Waals surface area contributed by atoms with Crippen LogP contribution in [0.25, 0.3) is 5.69 Å². The molecule has 2 heterocycles. The number of benzene rings is 1. The van der Waals surface area contributed by atoms with Crippen LogP contribution in [0, 0.1) is 0 Å². The van der Waals surface area contributed by atoms with E-state index in [9.17, 15) is 9.59 Å². The van der Waals surface area contributed by atoms with E-state index in [1.54, 1.807) is 12.4 Å². The molecule has 2 aromatic heterocycles. The molecule has 0 spiro atoms. The van der Waals surface area contributed by atoms with Crippen LogP contribution in [-0.2, 0) is 6.54 Å². The van der Waals surface area contributed by atoms with Crippen LogP contribution < -0.4 is 10.9 Å². The third-order valence-electron chi connectivity index (χ3n) is 5.02. The molecule has 1 aliphatic carbocycles. The molecule has 1 amide bonds. The van der Waals surface area contributed by atoms with Crippen molar-refractivity contribution in [3.8, 4) is 5.69 Å². The molecule has 28 heavy (non-hydrogen) atoms. The van der Waals surface area contributed by atoms with Crippen LogP contribution in [0.2, 0.25) is 0 Å². The summed E-state index contributed by atoms with van der Waals surface area (Å²) in [5, 5.41) is 11.1. The summed E-state index contributed by atoms with van der Waals surface area (Å²) < 4.78 is 1.51. The van der Waals surface area contributed by atoms with Gasteiger partial charge < -0.3 is 5.32 Å². The Morgan fingerprint density at radius 1 is 1.18 bits per heavy atom. The number of hydrogen-bond donors (Lipinski definition) is 1. The Labute approximate surface area is 162 Å². The van der Waals surface area contributed by atoms with Crippen molar-refractivity contribution in [2.24, 2.45) is 0 Å². The number of para-hydroxylation sites is 1. The number of carbonyl (C=O) groups excluding carboxylic acids is 1. The fourth-order valence-corrected chi connectivity index (χ4v) is 3.49. The Kier molecular flexibility index (Phi) is 5.27. The summed E-state index contributed by atoms with van der Waals surface area (Å²) in [6.07, 6.45) is 7.62. The monoisotopic (exact) mass is 378 g/mol. The van der Waals surface area contributed by atoms with E-state index in [2.05, 4.69) is 20.5 Å². The predicted octanol–water partition coefficient (Wildman–Crippen LogP) is 1.91. The Morgan fingerprint density at radius 3 is 2.71 bits per heavy atom. The van der Waals surface area contributed by atoms with Gasteiger partial charge in [-0.3, -0.25) is 14.2 Å². The second kappa shape index (κ2) is 8.16. The summed E-state index contributed by atoms with van der Waals surface area (Å²) in [6.45, 7) is 0.663. The van der Waals surface area contributed by atoms with E-state index in [1.807, 2.05) is 30.3 Å². The number of hydrogen-bond acceptors (Lipinski definition) is 5. The number of nitrogens with one attached hydrogen (secondary N) is 1. The van der Waals surface area contributed by atoms with Crippen molar-refractivity contribution in [2.75, 3.05) is 6.54 Å². The summed E-state index contributed by atoms with van der Waals surface area (Å²) in [5.41, 5.74) is 1.81. The molecule has 0 atom stereocenters. The quantitative estimate of drug-likeness (QED) is 0.707. The van der Waals surface area contributed by atoms with Crippen LogP contribution in [0.3, 0.4) is 0 Å². The van der Waals surface area contributed by atoms with Gasteiger partial charge in [0.25, 0.3) is 11.5 Å². The van der Waals surface area contributed by atoms with E-state index in [1.165, 1.54) is 28.4 Å². The first-order chi connectivity index (χ1) is 13.7. The molecule has 1 saturated carbocycles. The van der Waals surface area contributed by atoms with Crippen LogP contribution in [-0.4, -0.2) is 37.0 Å². The third kappa shape index (κ3) is 4.00. The van der Waals surface area contributed by atoms with Crippen LogP contribution >= 0.6 is 0 Å². The van der Waals surface area contributed by atoms with Gasteiger partial charge in [-0.2, -0.15) is 9.90 Å². The van der Waals surface area contributed by atoms with Crippen molar-refractivity contribution in [1.82, 2.24) is 29.9 Å². The van der Waals surface area contributed by atoms with Gasteiger partial charge in [-0.05, 0) is 25.0 Å². The van der Waals surface area contributed by atoms with E-state index >= 15 is 0 Å². The molecule has 0 saturated heterocycles. The molecule has 0 unspecified atom stereocenters. The molecule has 3 aromatic rings. The molecule has 1 fully saturated rings. The molecule has 4 rings (SSSR count). The molecule has 0 radical (unpaired) electrons. The van der Waals surface area contributed by atoms with E-state index < -0.39 is 0 Å². The van der Waals surface area contributed by atoms with Gasteiger partial charge in [-0.1, -0.05) is 31.0 Å². The van der Waals surface area contributed by atoms with Gasteiger partial charge >= 0.3 is 0 Å². The fourth-order valence-electron chi connectivity index (χ4n) is 3.49. The average molecular weight is 378 g/mol. The summed E-state index contributed by atoms with van der Waals surface area (Å²) in [4.78, 5) is 30.4. The molecule has 0 bridgehead atoms. The maximum atomic E-state index is 12.3. The second-order valence-electron chi connectivity index (χ2n) is 6.94. The topological polar surface area (TPSA) is 94.7 Å². The van der Waals surface area contributed by atoms with E-state index in [4.69, 9.17) is 0 Å². The normalized spacial score (nSPS) is 14.3. The molecule has 1 N–H and O–H groups in total. The molecule has 0 aliphatic heterocycles. The number of aromatic nitrogens is 5. The minimum absolute atomic E-state index is 0.0822. The van der Waals surface area contributed by atoms with Crippen molar-refractivity contribution in [2.45, 2.75) is 38.1 Å². The molecule has 8 nitrogen and oxygen atoms in total. The molecule has 8 heteroatoms. The Balaban J connectivity index is 1.33. The minimum Gasteiger partial charge on any atom is -0.349 e. The van der Waals surface area contributed by atoms with Gasteiger partial charge in [0.15, 0.2) is 5.69 Å². The van der Waals surface area contributed by atoms with Crippen molar-refractivity contribution < 1.29 is 4.79 Å². The highest BCUT2D eigenvalue weighted by molar-refractivity contribution is 5.91. The van der Waals surface area contributed by atoms with Gasteiger partial charge in [-0.15, -0.1) is 5.10 Å². The Hall–Kier alpha value is -3.29. The van der Waals surface area contributed by atoms with E-state index in [-0.39, 0.29) is 17.2 Å². The van der Waals surface area contributed by atoms with Gasteiger partial charge in [0.2, 0.25) is 0 Å². The molecule has 1 aromatic carbocycles. The first kappa shape index (κ1) is 18.1. The largest absolute Gasteiger partial charge is 0.349 e. The Bertz CT molecular complexity index is 1000. The predicted molar refractivity (Wildman–Crippen MR) is 103 cm³/mol. The number of rotatable bonds is 6. The van der Waals surface area contributed by atoms with Crippen molar-refractivity contribution in [3.63, 3.8) is 0 Å². The fraction of sp³-hybridized carbons (Fsp3) is 0.350. The SMILES string of the molecule is O=C(NCCn1cnc(C2CCCC2)cc1=O)c1cnn(-c2ccccc2)n1. The maximum Gasteiger partial charge on any atom is 0.273 e. The van der Waals surface area contributed by atoms with Crippen molar-refractivity contribution >= 4 is 5.91 Å². The van der Waals surface area contributed by atoms with Gasteiger partial charge in [0.05, 0.1) is 23.9 Å². The zero-order chi connectivity index (χ0) is 19.3. The zero-order valence-corrected chi connectivity index (χ0v) is 15.5. The van der Waals surface area contributed by atoms with Gasteiger partial charge in [0, 0.05) is 25.1 Å². The Morgan fingerprint density at radius 2 is 1.96 bits per heavy atom. The molecule has 144 valence electrons. The van der Waals surface area contributed by atoms with Crippen molar-refractivity contribution in [3.05, 3.63) is 70.7 Å². The lowest BCUT2D eigenvalue weighted by Crippen LogP contribution is -2.31. The highest BCUT2D eigenvalue weighted by Crippen LogP contribution is 2.32. The highest BCUT2D eigenvalue weighted by Gasteiger charge is 2.19. The first-order valence-corrected chi connectivity index (χ1v) is 9.53. The lowest BCUT2D eigenvalue weighted by atomic mass is 10.0. The molecular weight excluding hydrogens is 356 g/mol. The third-order valence-corrected chi connectivity index (χ3v) is 5.02. The smallest absolute Gasteiger partial charge is 0.273 e. The maximum absolute atomic E-state index is 12.3. The number of amides is 1. The second-order valence-corrected chi connectivity index (χ2v) is 6.94. The van der Waals surface area contributed by atoms with E-state index in [0.29, 0.717) is 19.0 Å². The summed E-state index contributed by atoms with van der Waals surface area (Å²) in [5.74, 6) is 0.0834. The molecular formula is C20H22N6O2. The minimum atomic E-state index is -0.328.